The molecule has 32 heavy (non-hydrogen) atoms. The number of hydrogen-bond donors (Lipinski definition) is 0. The molecule has 1 aliphatic rings. The number of rotatable bonds is 10. The number of carbonyl (C=O) groups is 2. The molecule has 2 amide bonds. The van der Waals surface area contributed by atoms with Gasteiger partial charge >= 0.3 is 0 Å². The molecule has 5 nitrogen and oxygen atoms in total. The van der Waals surface area contributed by atoms with E-state index in [2.05, 4.69) is 6.92 Å². The maximum atomic E-state index is 13.3. The first-order chi connectivity index (χ1) is 15.7. The molecule has 0 atom stereocenters. The Morgan fingerprint density at radius 3 is 2.41 bits per heavy atom. The van der Waals surface area contributed by atoms with Gasteiger partial charge in [0.05, 0.1) is 29.1 Å². The highest BCUT2D eigenvalue weighted by molar-refractivity contribution is 8.03. The largest absolute Gasteiger partial charge is 0.494 e. The van der Waals surface area contributed by atoms with E-state index in [-0.39, 0.29) is 11.8 Å². The van der Waals surface area contributed by atoms with Crippen LogP contribution in [0.5, 0.6) is 5.75 Å². The van der Waals surface area contributed by atoms with Crippen LogP contribution in [0.3, 0.4) is 0 Å². The lowest BCUT2D eigenvalue weighted by molar-refractivity contribution is -0.136. The number of hydrogen-bond acceptors (Lipinski definition) is 5. The zero-order valence-corrected chi connectivity index (χ0v) is 18.8. The van der Waals surface area contributed by atoms with Crippen LogP contribution in [0.25, 0.3) is 5.57 Å². The standard InChI is InChI=1S/C26H25NO4S/c1-2-16-30-21-12-10-20(11-13-21)23-24(32-18-22-9-6-17-31-22)26(29)27(25(23)28)15-14-19-7-4-3-5-8-19/h3-13,17H,2,14-16,18H2,1H3. The second-order valence-corrected chi connectivity index (χ2v) is 8.43. The van der Waals surface area contributed by atoms with E-state index in [9.17, 15) is 9.59 Å². The zero-order valence-electron chi connectivity index (χ0n) is 18.0. The van der Waals surface area contributed by atoms with Crippen LogP contribution < -0.4 is 4.74 Å². The molecule has 0 spiro atoms. The summed E-state index contributed by atoms with van der Waals surface area (Å²) < 4.78 is 11.1. The van der Waals surface area contributed by atoms with Gasteiger partial charge in [0.25, 0.3) is 11.8 Å². The van der Waals surface area contributed by atoms with Crippen LogP contribution in [0.15, 0.2) is 82.3 Å². The predicted octanol–water partition coefficient (Wildman–Crippen LogP) is 5.32. The first-order valence-corrected chi connectivity index (χ1v) is 11.7. The van der Waals surface area contributed by atoms with E-state index >= 15 is 0 Å². The molecule has 2 aromatic carbocycles. The summed E-state index contributed by atoms with van der Waals surface area (Å²) in [4.78, 5) is 28.4. The first-order valence-electron chi connectivity index (χ1n) is 10.7. The summed E-state index contributed by atoms with van der Waals surface area (Å²) >= 11 is 1.34. The third-order valence-electron chi connectivity index (χ3n) is 5.15. The van der Waals surface area contributed by atoms with Crippen molar-refractivity contribution in [2.75, 3.05) is 13.2 Å². The summed E-state index contributed by atoms with van der Waals surface area (Å²) in [5.74, 6) is 1.49. The molecule has 0 saturated carbocycles. The molecule has 0 N–H and O–H groups in total. The Morgan fingerprint density at radius 1 is 0.938 bits per heavy atom. The lowest BCUT2D eigenvalue weighted by atomic mass is 10.1. The number of thioether (sulfide) groups is 1. The normalized spacial score (nSPS) is 13.8. The highest BCUT2D eigenvalue weighted by atomic mass is 32.2. The Labute approximate surface area is 192 Å². The monoisotopic (exact) mass is 447 g/mol. The van der Waals surface area contributed by atoms with E-state index < -0.39 is 0 Å². The van der Waals surface area contributed by atoms with E-state index in [4.69, 9.17) is 9.15 Å². The molecule has 6 heteroatoms. The molecule has 0 unspecified atom stereocenters. The average molecular weight is 448 g/mol. The van der Waals surface area contributed by atoms with Crippen molar-refractivity contribution in [3.05, 3.63) is 94.8 Å². The SMILES string of the molecule is CCCOc1ccc(C2=C(SCc3ccco3)C(=O)N(CCc3ccccc3)C2=O)cc1. The third-order valence-corrected chi connectivity index (χ3v) is 6.24. The van der Waals surface area contributed by atoms with Gasteiger partial charge < -0.3 is 9.15 Å². The van der Waals surface area contributed by atoms with Gasteiger partial charge in [-0.05, 0) is 48.2 Å². The summed E-state index contributed by atoms with van der Waals surface area (Å²) in [6, 6.07) is 20.9. The lowest BCUT2D eigenvalue weighted by Gasteiger charge is -2.15. The number of furan rings is 1. The van der Waals surface area contributed by atoms with Crippen LogP contribution in [-0.2, 0) is 21.8 Å². The maximum absolute atomic E-state index is 13.3. The number of carbonyl (C=O) groups excluding carboxylic acids is 2. The number of benzene rings is 2. The van der Waals surface area contributed by atoms with Gasteiger partial charge in [0.15, 0.2) is 0 Å². The van der Waals surface area contributed by atoms with E-state index in [1.54, 1.807) is 6.26 Å². The molecular formula is C26H25NO4S. The van der Waals surface area contributed by atoms with Crippen molar-refractivity contribution in [3.8, 4) is 5.75 Å². The Morgan fingerprint density at radius 2 is 1.72 bits per heavy atom. The van der Waals surface area contributed by atoms with Crippen molar-refractivity contribution in [1.29, 1.82) is 0 Å². The molecule has 0 radical (unpaired) electrons. The highest BCUT2D eigenvalue weighted by Crippen LogP contribution is 2.38. The molecule has 0 aliphatic carbocycles. The first kappa shape index (κ1) is 22.0. The molecular weight excluding hydrogens is 422 g/mol. The summed E-state index contributed by atoms with van der Waals surface area (Å²) in [5.41, 5.74) is 2.25. The van der Waals surface area contributed by atoms with E-state index in [0.29, 0.717) is 35.8 Å². The third kappa shape index (κ3) is 4.97. The van der Waals surface area contributed by atoms with Gasteiger partial charge in [0.1, 0.15) is 11.5 Å². The zero-order chi connectivity index (χ0) is 22.3. The van der Waals surface area contributed by atoms with Gasteiger partial charge in [-0.3, -0.25) is 14.5 Å². The van der Waals surface area contributed by atoms with Crippen molar-refractivity contribution in [1.82, 2.24) is 4.90 Å². The summed E-state index contributed by atoms with van der Waals surface area (Å²) in [6.07, 6.45) is 3.14. The Hall–Kier alpha value is -3.25. The van der Waals surface area contributed by atoms with Crippen molar-refractivity contribution in [3.63, 3.8) is 0 Å². The van der Waals surface area contributed by atoms with Gasteiger partial charge in [0, 0.05) is 6.54 Å². The maximum Gasteiger partial charge on any atom is 0.268 e. The quantitative estimate of drug-likeness (QED) is 0.394. The fourth-order valence-corrected chi connectivity index (χ4v) is 4.54. The fraction of sp³-hybridized carbons (Fsp3) is 0.231. The van der Waals surface area contributed by atoms with Crippen LogP contribution in [0.4, 0.5) is 0 Å². The van der Waals surface area contributed by atoms with Gasteiger partial charge in [0.2, 0.25) is 0 Å². The van der Waals surface area contributed by atoms with Gasteiger partial charge in [-0.25, -0.2) is 0 Å². The second kappa shape index (κ2) is 10.4. The van der Waals surface area contributed by atoms with Gasteiger partial charge in [-0.15, -0.1) is 11.8 Å². The average Bonchev–Trinajstić information content (AvgIpc) is 3.42. The molecule has 164 valence electrons. The molecule has 3 aromatic rings. The molecule has 4 rings (SSSR count). The molecule has 0 bridgehead atoms. The van der Waals surface area contributed by atoms with E-state index in [1.165, 1.54) is 16.7 Å². The van der Waals surface area contributed by atoms with Crippen molar-refractivity contribution in [2.45, 2.75) is 25.5 Å². The highest BCUT2D eigenvalue weighted by Gasteiger charge is 2.39. The van der Waals surface area contributed by atoms with Crippen molar-refractivity contribution >= 4 is 29.1 Å². The Kier molecular flexibility index (Phi) is 7.12. The lowest BCUT2D eigenvalue weighted by Crippen LogP contribution is -2.33. The second-order valence-electron chi connectivity index (χ2n) is 7.44. The van der Waals surface area contributed by atoms with Gasteiger partial charge in [-0.1, -0.05) is 49.4 Å². The smallest absolute Gasteiger partial charge is 0.268 e. The molecule has 1 aromatic heterocycles. The van der Waals surface area contributed by atoms with Crippen LogP contribution in [-0.4, -0.2) is 29.9 Å². The van der Waals surface area contributed by atoms with Crippen molar-refractivity contribution in [2.24, 2.45) is 0 Å². The van der Waals surface area contributed by atoms with Crippen molar-refractivity contribution < 1.29 is 18.7 Å². The predicted molar refractivity (Wildman–Crippen MR) is 126 cm³/mol. The number of imide groups is 1. The number of nitrogens with zero attached hydrogens (tertiary/aromatic N) is 1. The van der Waals surface area contributed by atoms with Crippen LogP contribution >= 0.6 is 11.8 Å². The molecule has 0 saturated heterocycles. The minimum Gasteiger partial charge on any atom is -0.494 e. The number of ether oxygens (including phenoxy) is 1. The topological polar surface area (TPSA) is 59.8 Å². The minimum absolute atomic E-state index is 0.246. The molecule has 0 fully saturated rings. The van der Waals surface area contributed by atoms with E-state index in [0.717, 1.165) is 29.1 Å². The molecule has 2 heterocycles. The van der Waals surface area contributed by atoms with Crippen LogP contribution in [0.1, 0.15) is 30.2 Å². The van der Waals surface area contributed by atoms with E-state index in [1.807, 2.05) is 66.7 Å². The fourth-order valence-electron chi connectivity index (χ4n) is 3.51. The van der Waals surface area contributed by atoms with Gasteiger partial charge in [-0.2, -0.15) is 0 Å². The Bertz CT molecular complexity index is 1090. The molecule has 1 aliphatic heterocycles. The summed E-state index contributed by atoms with van der Waals surface area (Å²) in [6.45, 7) is 3.03. The minimum atomic E-state index is -0.255. The summed E-state index contributed by atoms with van der Waals surface area (Å²) in [7, 11) is 0. The number of amides is 2. The Balaban J connectivity index is 1.58. The van der Waals surface area contributed by atoms with Crippen LogP contribution in [0.2, 0.25) is 0 Å². The summed E-state index contributed by atoms with van der Waals surface area (Å²) in [5, 5.41) is 0. The van der Waals surface area contributed by atoms with Crippen LogP contribution in [0, 0.1) is 0 Å².